The largest absolute Gasteiger partial charge is 0.394 e. The lowest BCUT2D eigenvalue weighted by molar-refractivity contribution is -0.0384. The zero-order chi connectivity index (χ0) is 11.8. The van der Waals surface area contributed by atoms with Gasteiger partial charge in [0, 0.05) is 11.6 Å². The molecule has 0 saturated carbocycles. The molecule has 2 atom stereocenters. The highest BCUT2D eigenvalue weighted by Crippen LogP contribution is 2.42. The van der Waals surface area contributed by atoms with E-state index in [1.54, 1.807) is 0 Å². The predicted octanol–water partition coefficient (Wildman–Crippen LogP) is 1.79. The molecule has 3 nitrogen and oxygen atoms in total. The summed E-state index contributed by atoms with van der Waals surface area (Å²) in [6.07, 6.45) is 4.71. The number of hydrogen-bond acceptors (Lipinski definition) is 3. The van der Waals surface area contributed by atoms with Crippen molar-refractivity contribution >= 4 is 0 Å². The van der Waals surface area contributed by atoms with Crippen molar-refractivity contribution < 1.29 is 9.84 Å². The third kappa shape index (κ3) is 2.27. The fraction of sp³-hybridized carbons (Fsp3) is 1.00. The molecule has 2 heterocycles. The van der Waals surface area contributed by atoms with E-state index in [1.807, 2.05) is 0 Å². The van der Waals surface area contributed by atoms with Crippen molar-refractivity contribution in [1.29, 1.82) is 0 Å². The summed E-state index contributed by atoms with van der Waals surface area (Å²) in [7, 11) is 0. The molecule has 0 amide bonds. The van der Waals surface area contributed by atoms with Gasteiger partial charge in [-0.1, -0.05) is 0 Å². The molecule has 2 rings (SSSR count). The zero-order valence-electron chi connectivity index (χ0n) is 10.8. The Labute approximate surface area is 98.8 Å². The lowest BCUT2D eigenvalue weighted by Crippen LogP contribution is -2.47. The number of aliphatic hydroxyl groups is 1. The molecule has 0 bridgehead atoms. The Morgan fingerprint density at radius 2 is 2.12 bits per heavy atom. The van der Waals surface area contributed by atoms with Crippen LogP contribution in [0.15, 0.2) is 0 Å². The summed E-state index contributed by atoms with van der Waals surface area (Å²) in [5.41, 5.74) is 0.0517. The molecule has 0 radical (unpaired) electrons. The highest BCUT2D eigenvalue weighted by atomic mass is 16.5. The number of ether oxygens (including phenoxy) is 1. The van der Waals surface area contributed by atoms with Gasteiger partial charge in [0.15, 0.2) is 0 Å². The van der Waals surface area contributed by atoms with Gasteiger partial charge in [0.05, 0.1) is 18.8 Å². The standard InChI is InChI=1S/C13H25NO2/c1-12(2,3)16-9-11-5-7-13(10-15)6-4-8-14(11)13/h11,15H,4-10H2,1-3H3/t11?,13-/m0/s1. The van der Waals surface area contributed by atoms with E-state index >= 15 is 0 Å². The number of fused-ring (bicyclic) bond motifs is 1. The fourth-order valence-electron chi connectivity index (χ4n) is 3.16. The second kappa shape index (κ2) is 4.28. The molecule has 2 fully saturated rings. The maximum Gasteiger partial charge on any atom is 0.0629 e. The maximum atomic E-state index is 9.59. The Kier molecular flexibility index (Phi) is 3.30. The van der Waals surface area contributed by atoms with Gasteiger partial charge in [-0.15, -0.1) is 0 Å². The first-order valence-corrected chi connectivity index (χ1v) is 6.48. The van der Waals surface area contributed by atoms with Gasteiger partial charge in [0.25, 0.3) is 0 Å². The zero-order valence-corrected chi connectivity index (χ0v) is 10.8. The average Bonchev–Trinajstić information content (AvgIpc) is 2.71. The van der Waals surface area contributed by atoms with Gasteiger partial charge in [-0.05, 0) is 53.0 Å². The minimum absolute atomic E-state index is 0.0514. The van der Waals surface area contributed by atoms with Crippen molar-refractivity contribution in [2.75, 3.05) is 19.8 Å². The first kappa shape index (κ1) is 12.3. The van der Waals surface area contributed by atoms with E-state index in [2.05, 4.69) is 25.7 Å². The summed E-state index contributed by atoms with van der Waals surface area (Å²) >= 11 is 0. The van der Waals surface area contributed by atoms with Crippen molar-refractivity contribution in [3.63, 3.8) is 0 Å². The minimum atomic E-state index is -0.0514. The van der Waals surface area contributed by atoms with Gasteiger partial charge in [-0.2, -0.15) is 0 Å². The molecule has 2 aliphatic heterocycles. The summed E-state index contributed by atoms with van der Waals surface area (Å²) in [6.45, 7) is 8.57. The van der Waals surface area contributed by atoms with Crippen LogP contribution in [-0.2, 0) is 4.74 Å². The topological polar surface area (TPSA) is 32.7 Å². The predicted molar refractivity (Wildman–Crippen MR) is 64.5 cm³/mol. The number of rotatable bonds is 3. The summed E-state index contributed by atoms with van der Waals surface area (Å²) in [4.78, 5) is 2.50. The van der Waals surface area contributed by atoms with Gasteiger partial charge >= 0.3 is 0 Å². The molecule has 1 unspecified atom stereocenters. The van der Waals surface area contributed by atoms with E-state index in [0.717, 1.165) is 26.0 Å². The third-order valence-electron chi connectivity index (χ3n) is 4.04. The molecule has 0 spiro atoms. The van der Waals surface area contributed by atoms with Crippen LogP contribution in [0.25, 0.3) is 0 Å². The van der Waals surface area contributed by atoms with E-state index in [0.29, 0.717) is 12.6 Å². The van der Waals surface area contributed by atoms with Crippen LogP contribution >= 0.6 is 0 Å². The minimum Gasteiger partial charge on any atom is -0.394 e. The molecular formula is C13H25NO2. The molecule has 16 heavy (non-hydrogen) atoms. The highest BCUT2D eigenvalue weighted by molar-refractivity contribution is 5.04. The molecule has 3 heteroatoms. The van der Waals surface area contributed by atoms with E-state index in [-0.39, 0.29) is 11.1 Å². The average molecular weight is 227 g/mol. The summed E-state index contributed by atoms with van der Waals surface area (Å²) < 4.78 is 5.89. The lowest BCUT2D eigenvalue weighted by atomic mass is 9.95. The van der Waals surface area contributed by atoms with E-state index in [9.17, 15) is 5.11 Å². The van der Waals surface area contributed by atoms with Gasteiger partial charge in [-0.3, -0.25) is 4.90 Å². The Hall–Kier alpha value is -0.120. The molecule has 2 saturated heterocycles. The molecule has 94 valence electrons. The van der Waals surface area contributed by atoms with Crippen LogP contribution in [0.1, 0.15) is 46.5 Å². The first-order valence-electron chi connectivity index (χ1n) is 6.48. The summed E-state index contributed by atoms with van der Waals surface area (Å²) in [6, 6.07) is 0.522. The number of nitrogens with zero attached hydrogens (tertiary/aromatic N) is 1. The third-order valence-corrected chi connectivity index (χ3v) is 4.04. The molecule has 2 aliphatic rings. The quantitative estimate of drug-likeness (QED) is 0.798. The first-order chi connectivity index (χ1) is 7.47. The molecular weight excluding hydrogens is 202 g/mol. The van der Waals surface area contributed by atoms with Crippen LogP contribution in [0.3, 0.4) is 0 Å². The van der Waals surface area contributed by atoms with Crippen LogP contribution in [0.4, 0.5) is 0 Å². The molecule has 1 N–H and O–H groups in total. The van der Waals surface area contributed by atoms with Crippen molar-refractivity contribution in [3.05, 3.63) is 0 Å². The SMILES string of the molecule is CC(C)(C)OCC1CC[C@]2(CO)CCCN12. The van der Waals surface area contributed by atoms with Crippen LogP contribution < -0.4 is 0 Å². The Balaban J connectivity index is 1.94. The normalized spacial score (nSPS) is 35.6. The molecule has 0 aromatic carbocycles. The smallest absolute Gasteiger partial charge is 0.0629 e. The highest BCUT2D eigenvalue weighted by Gasteiger charge is 2.48. The van der Waals surface area contributed by atoms with Crippen molar-refractivity contribution in [2.24, 2.45) is 0 Å². The van der Waals surface area contributed by atoms with Crippen LogP contribution in [0.5, 0.6) is 0 Å². The number of hydrogen-bond donors (Lipinski definition) is 1. The van der Waals surface area contributed by atoms with Crippen LogP contribution in [0.2, 0.25) is 0 Å². The van der Waals surface area contributed by atoms with Crippen LogP contribution in [-0.4, -0.2) is 46.9 Å². The summed E-state index contributed by atoms with van der Waals surface area (Å²) in [5, 5.41) is 9.59. The van der Waals surface area contributed by atoms with Gasteiger partial charge in [-0.25, -0.2) is 0 Å². The van der Waals surface area contributed by atoms with Crippen molar-refractivity contribution in [1.82, 2.24) is 4.90 Å². The van der Waals surface area contributed by atoms with E-state index in [1.165, 1.54) is 12.8 Å². The van der Waals surface area contributed by atoms with E-state index in [4.69, 9.17) is 4.74 Å². The maximum absolute atomic E-state index is 9.59. The monoisotopic (exact) mass is 227 g/mol. The van der Waals surface area contributed by atoms with Crippen LogP contribution in [0, 0.1) is 0 Å². The molecule has 0 aliphatic carbocycles. The fourth-order valence-corrected chi connectivity index (χ4v) is 3.16. The van der Waals surface area contributed by atoms with Crippen molar-refractivity contribution in [2.45, 2.75) is 63.6 Å². The summed E-state index contributed by atoms with van der Waals surface area (Å²) in [5.74, 6) is 0. The van der Waals surface area contributed by atoms with E-state index < -0.39 is 0 Å². The second-order valence-electron chi connectivity index (χ2n) is 6.30. The van der Waals surface area contributed by atoms with Crippen molar-refractivity contribution in [3.8, 4) is 0 Å². The lowest BCUT2D eigenvalue weighted by Gasteiger charge is -2.34. The van der Waals surface area contributed by atoms with Gasteiger partial charge in [0.1, 0.15) is 0 Å². The Morgan fingerprint density at radius 3 is 2.75 bits per heavy atom. The number of aliphatic hydroxyl groups excluding tert-OH is 1. The molecule has 0 aromatic heterocycles. The Bertz CT molecular complexity index is 249. The second-order valence-corrected chi connectivity index (χ2v) is 6.30. The van der Waals surface area contributed by atoms with Gasteiger partial charge in [0.2, 0.25) is 0 Å². The Morgan fingerprint density at radius 1 is 1.38 bits per heavy atom. The molecule has 0 aromatic rings. The van der Waals surface area contributed by atoms with Gasteiger partial charge < -0.3 is 9.84 Å².